The summed E-state index contributed by atoms with van der Waals surface area (Å²) >= 11 is 0. The fourth-order valence-corrected chi connectivity index (χ4v) is 4.15. The standard InChI is InChI=1S/C24H28O3S/c1-18-16-22(23-6-5-15-27-23)14-13-21(18)12-11-19-7-9-20(10-8-19)17-28(25,26)24(2,3)4/h5-10,13-16H,11-12,17H2,1-4H3. The van der Waals surface area contributed by atoms with Crippen molar-refractivity contribution in [3.63, 3.8) is 0 Å². The van der Waals surface area contributed by atoms with Gasteiger partial charge in [0.25, 0.3) is 0 Å². The minimum absolute atomic E-state index is 0.0874. The molecule has 3 nitrogen and oxygen atoms in total. The quantitative estimate of drug-likeness (QED) is 0.533. The van der Waals surface area contributed by atoms with Gasteiger partial charge in [-0.2, -0.15) is 0 Å². The molecule has 1 aromatic heterocycles. The van der Waals surface area contributed by atoms with Gasteiger partial charge in [-0.05, 0) is 81.0 Å². The van der Waals surface area contributed by atoms with E-state index >= 15 is 0 Å². The Morgan fingerprint density at radius 2 is 1.57 bits per heavy atom. The van der Waals surface area contributed by atoms with Crippen LogP contribution in [-0.2, 0) is 28.4 Å². The van der Waals surface area contributed by atoms with Gasteiger partial charge in [-0.15, -0.1) is 0 Å². The first-order valence-electron chi connectivity index (χ1n) is 9.59. The second-order valence-electron chi connectivity index (χ2n) is 8.31. The summed E-state index contributed by atoms with van der Waals surface area (Å²) in [5, 5.41) is 0. The van der Waals surface area contributed by atoms with Crippen LogP contribution in [0.25, 0.3) is 11.3 Å². The van der Waals surface area contributed by atoms with E-state index in [1.807, 2.05) is 36.4 Å². The normalized spacial score (nSPS) is 12.3. The van der Waals surface area contributed by atoms with Crippen molar-refractivity contribution in [2.75, 3.05) is 0 Å². The molecule has 4 heteroatoms. The van der Waals surface area contributed by atoms with Crippen molar-refractivity contribution >= 4 is 9.84 Å². The van der Waals surface area contributed by atoms with Crippen LogP contribution in [0.4, 0.5) is 0 Å². The van der Waals surface area contributed by atoms with Crippen molar-refractivity contribution in [1.29, 1.82) is 0 Å². The van der Waals surface area contributed by atoms with Gasteiger partial charge in [0.2, 0.25) is 0 Å². The van der Waals surface area contributed by atoms with E-state index in [9.17, 15) is 8.42 Å². The molecule has 148 valence electrons. The highest BCUT2D eigenvalue weighted by Gasteiger charge is 2.28. The second-order valence-corrected chi connectivity index (χ2v) is 11.0. The summed E-state index contributed by atoms with van der Waals surface area (Å²) in [6, 6.07) is 18.2. The Bertz CT molecular complexity index is 1020. The molecule has 3 aromatic rings. The lowest BCUT2D eigenvalue weighted by Gasteiger charge is -2.19. The van der Waals surface area contributed by atoms with Crippen LogP contribution in [0.15, 0.2) is 65.3 Å². The van der Waals surface area contributed by atoms with Gasteiger partial charge in [0.15, 0.2) is 9.84 Å². The van der Waals surface area contributed by atoms with Gasteiger partial charge in [0.05, 0.1) is 16.8 Å². The maximum Gasteiger partial charge on any atom is 0.159 e. The monoisotopic (exact) mass is 396 g/mol. The van der Waals surface area contributed by atoms with E-state index in [0.29, 0.717) is 0 Å². The maximum atomic E-state index is 12.4. The first-order valence-corrected chi connectivity index (χ1v) is 11.2. The summed E-state index contributed by atoms with van der Waals surface area (Å²) in [4.78, 5) is 0. The smallest absolute Gasteiger partial charge is 0.159 e. The molecular weight excluding hydrogens is 368 g/mol. The topological polar surface area (TPSA) is 47.3 Å². The van der Waals surface area contributed by atoms with Crippen molar-refractivity contribution in [3.8, 4) is 11.3 Å². The highest BCUT2D eigenvalue weighted by Crippen LogP contribution is 2.24. The van der Waals surface area contributed by atoms with Gasteiger partial charge in [-0.25, -0.2) is 8.42 Å². The van der Waals surface area contributed by atoms with Crippen molar-refractivity contribution in [2.45, 2.75) is 51.0 Å². The molecule has 0 saturated carbocycles. The SMILES string of the molecule is Cc1cc(-c2ccco2)ccc1CCc1ccc(CS(=O)(=O)C(C)(C)C)cc1. The molecule has 1 heterocycles. The summed E-state index contributed by atoms with van der Waals surface area (Å²) in [6.45, 7) is 7.37. The predicted molar refractivity (Wildman–Crippen MR) is 115 cm³/mol. The van der Waals surface area contributed by atoms with E-state index < -0.39 is 14.6 Å². The third-order valence-corrected chi connectivity index (χ3v) is 7.72. The number of rotatable bonds is 6. The lowest BCUT2D eigenvalue weighted by Crippen LogP contribution is -2.29. The van der Waals surface area contributed by atoms with Crippen LogP contribution in [0.1, 0.15) is 43.0 Å². The van der Waals surface area contributed by atoms with Gasteiger partial charge in [0, 0.05) is 5.56 Å². The van der Waals surface area contributed by atoms with Crippen LogP contribution >= 0.6 is 0 Å². The average Bonchev–Trinajstić information content (AvgIpc) is 3.15. The number of aryl methyl sites for hydroxylation is 3. The minimum atomic E-state index is -3.15. The molecule has 0 bridgehead atoms. The minimum Gasteiger partial charge on any atom is -0.464 e. The lowest BCUT2D eigenvalue weighted by atomic mass is 9.98. The molecule has 0 fully saturated rings. The Kier molecular flexibility index (Phi) is 5.80. The Morgan fingerprint density at radius 1 is 0.893 bits per heavy atom. The van der Waals surface area contributed by atoms with E-state index in [2.05, 4.69) is 25.1 Å². The largest absolute Gasteiger partial charge is 0.464 e. The van der Waals surface area contributed by atoms with Gasteiger partial charge in [-0.3, -0.25) is 0 Å². The highest BCUT2D eigenvalue weighted by molar-refractivity contribution is 7.91. The number of hydrogen-bond donors (Lipinski definition) is 0. The lowest BCUT2D eigenvalue weighted by molar-refractivity contribution is 0.559. The number of sulfone groups is 1. The zero-order valence-electron chi connectivity index (χ0n) is 17.0. The summed E-state index contributed by atoms with van der Waals surface area (Å²) in [7, 11) is -3.15. The number of benzene rings is 2. The zero-order valence-corrected chi connectivity index (χ0v) is 17.8. The first kappa shape index (κ1) is 20.4. The van der Waals surface area contributed by atoms with E-state index in [0.717, 1.165) is 29.7 Å². The fourth-order valence-electron chi connectivity index (χ4n) is 3.09. The van der Waals surface area contributed by atoms with E-state index in [-0.39, 0.29) is 5.75 Å². The summed E-state index contributed by atoms with van der Waals surface area (Å²) in [5.41, 5.74) is 5.72. The van der Waals surface area contributed by atoms with Crippen LogP contribution in [0.2, 0.25) is 0 Å². The molecule has 0 unspecified atom stereocenters. The molecule has 0 atom stereocenters. The van der Waals surface area contributed by atoms with Gasteiger partial charge >= 0.3 is 0 Å². The third-order valence-electron chi connectivity index (χ3n) is 5.14. The van der Waals surface area contributed by atoms with E-state index in [1.165, 1.54) is 16.7 Å². The van der Waals surface area contributed by atoms with Crippen LogP contribution in [0.3, 0.4) is 0 Å². The highest BCUT2D eigenvalue weighted by atomic mass is 32.2. The molecular formula is C24H28O3S. The number of furan rings is 1. The van der Waals surface area contributed by atoms with Crippen molar-refractivity contribution < 1.29 is 12.8 Å². The molecule has 0 N–H and O–H groups in total. The molecule has 0 aliphatic carbocycles. The van der Waals surface area contributed by atoms with Gasteiger partial charge in [0.1, 0.15) is 5.76 Å². The van der Waals surface area contributed by atoms with Crippen LogP contribution in [-0.4, -0.2) is 13.2 Å². The molecule has 2 aromatic carbocycles. The van der Waals surface area contributed by atoms with Crippen molar-refractivity contribution in [2.24, 2.45) is 0 Å². The van der Waals surface area contributed by atoms with Gasteiger partial charge < -0.3 is 4.42 Å². The third kappa shape index (κ3) is 4.74. The van der Waals surface area contributed by atoms with Crippen LogP contribution in [0.5, 0.6) is 0 Å². The maximum absolute atomic E-state index is 12.4. The molecule has 0 aliphatic heterocycles. The predicted octanol–water partition coefficient (Wildman–Crippen LogP) is 5.75. The van der Waals surface area contributed by atoms with E-state index in [1.54, 1.807) is 27.0 Å². The second kappa shape index (κ2) is 7.96. The Hall–Kier alpha value is -2.33. The molecule has 0 amide bonds. The fraction of sp³-hybridized carbons (Fsp3) is 0.333. The zero-order chi connectivity index (χ0) is 20.4. The molecule has 0 saturated heterocycles. The van der Waals surface area contributed by atoms with Crippen LogP contribution < -0.4 is 0 Å². The molecule has 0 spiro atoms. The Balaban J connectivity index is 1.64. The molecule has 3 rings (SSSR count). The average molecular weight is 397 g/mol. The van der Waals surface area contributed by atoms with Gasteiger partial charge in [-0.1, -0.05) is 36.4 Å². The van der Waals surface area contributed by atoms with Crippen molar-refractivity contribution in [3.05, 3.63) is 83.1 Å². The summed E-state index contributed by atoms with van der Waals surface area (Å²) in [5.74, 6) is 0.972. The Labute approximate surface area is 168 Å². The van der Waals surface area contributed by atoms with E-state index in [4.69, 9.17) is 4.42 Å². The number of hydrogen-bond acceptors (Lipinski definition) is 3. The Morgan fingerprint density at radius 3 is 2.14 bits per heavy atom. The summed E-state index contributed by atoms with van der Waals surface area (Å²) < 4.78 is 29.5. The van der Waals surface area contributed by atoms with Crippen LogP contribution in [0, 0.1) is 6.92 Å². The molecule has 28 heavy (non-hydrogen) atoms. The van der Waals surface area contributed by atoms with Crippen molar-refractivity contribution in [1.82, 2.24) is 0 Å². The first-order chi connectivity index (χ1) is 13.2. The molecule has 0 radical (unpaired) electrons. The summed E-state index contributed by atoms with van der Waals surface area (Å²) in [6.07, 6.45) is 3.56. The molecule has 0 aliphatic rings.